The number of ether oxygens (including phenoxy) is 2. The maximum absolute atomic E-state index is 13.5. The predicted octanol–water partition coefficient (Wildman–Crippen LogP) is 2.46. The second-order valence-electron chi connectivity index (χ2n) is 8.78. The van der Waals surface area contributed by atoms with Crippen molar-refractivity contribution in [1.29, 1.82) is 0 Å². The number of carbonyl (C=O) groups excluding carboxylic acids is 3. The van der Waals surface area contributed by atoms with E-state index in [9.17, 15) is 14.4 Å². The molecule has 8 nitrogen and oxygen atoms in total. The molecule has 168 valence electrons. The summed E-state index contributed by atoms with van der Waals surface area (Å²) in [6.07, 6.45) is 4.91. The van der Waals surface area contributed by atoms with Crippen molar-refractivity contribution in [3.8, 4) is 5.75 Å². The third kappa shape index (κ3) is 4.26. The Kier molecular flexibility index (Phi) is 6.18. The van der Waals surface area contributed by atoms with E-state index < -0.39 is 17.6 Å². The van der Waals surface area contributed by atoms with Crippen LogP contribution in [0.15, 0.2) is 24.3 Å². The van der Waals surface area contributed by atoms with Crippen LogP contribution in [0.5, 0.6) is 5.75 Å². The van der Waals surface area contributed by atoms with Crippen molar-refractivity contribution in [3.63, 3.8) is 0 Å². The lowest BCUT2D eigenvalue weighted by Gasteiger charge is -2.31. The average molecular weight is 430 g/mol. The lowest BCUT2D eigenvalue weighted by Crippen LogP contribution is -2.52. The van der Waals surface area contributed by atoms with Crippen LogP contribution in [0.1, 0.15) is 51.0 Å². The number of imide groups is 1. The molecule has 1 aromatic rings. The van der Waals surface area contributed by atoms with Gasteiger partial charge in [0.05, 0.1) is 13.2 Å². The van der Waals surface area contributed by atoms with Gasteiger partial charge in [-0.1, -0.05) is 25.0 Å². The summed E-state index contributed by atoms with van der Waals surface area (Å²) in [6, 6.07) is 6.22. The third-order valence-electron chi connectivity index (χ3n) is 6.66. The molecule has 0 aromatic heterocycles. The van der Waals surface area contributed by atoms with E-state index >= 15 is 0 Å². The number of urea groups is 1. The van der Waals surface area contributed by atoms with E-state index in [2.05, 4.69) is 5.32 Å². The van der Waals surface area contributed by atoms with Gasteiger partial charge < -0.3 is 19.7 Å². The molecule has 2 unspecified atom stereocenters. The summed E-state index contributed by atoms with van der Waals surface area (Å²) < 4.78 is 11.1. The number of rotatable bonds is 7. The molecule has 3 aliphatic rings. The van der Waals surface area contributed by atoms with Gasteiger partial charge in [0.25, 0.3) is 5.91 Å². The van der Waals surface area contributed by atoms with E-state index in [4.69, 9.17) is 9.47 Å². The summed E-state index contributed by atoms with van der Waals surface area (Å²) in [5, 5.41) is 2.87. The highest BCUT2D eigenvalue weighted by Crippen LogP contribution is 2.36. The first-order valence-electron chi connectivity index (χ1n) is 11.1. The fourth-order valence-corrected chi connectivity index (χ4v) is 4.94. The van der Waals surface area contributed by atoms with E-state index in [1.165, 1.54) is 0 Å². The van der Waals surface area contributed by atoms with Crippen molar-refractivity contribution in [2.75, 3.05) is 20.3 Å². The number of methoxy groups -OCH3 is 1. The van der Waals surface area contributed by atoms with Gasteiger partial charge in [-0.25, -0.2) is 9.69 Å². The van der Waals surface area contributed by atoms with Crippen LogP contribution < -0.4 is 10.1 Å². The molecule has 2 atom stereocenters. The summed E-state index contributed by atoms with van der Waals surface area (Å²) >= 11 is 0. The number of hydrogen-bond donors (Lipinski definition) is 1. The minimum atomic E-state index is -0.875. The Morgan fingerprint density at radius 3 is 2.77 bits per heavy atom. The second kappa shape index (κ2) is 8.86. The lowest BCUT2D eigenvalue weighted by atomic mass is 9.97. The SMILES string of the molecule is COc1cccc(CN(CC2CCCO2)C(=O)C(C)N2C(=O)NC3(CCCC3)C2=O)c1. The molecule has 2 aliphatic heterocycles. The Morgan fingerprint density at radius 2 is 2.10 bits per heavy atom. The maximum atomic E-state index is 13.5. The van der Waals surface area contributed by atoms with Crippen LogP contribution >= 0.6 is 0 Å². The largest absolute Gasteiger partial charge is 0.497 e. The molecule has 2 heterocycles. The Hall–Kier alpha value is -2.61. The van der Waals surface area contributed by atoms with E-state index in [-0.39, 0.29) is 17.9 Å². The minimum Gasteiger partial charge on any atom is -0.497 e. The first-order valence-corrected chi connectivity index (χ1v) is 11.1. The molecule has 1 N–H and O–H groups in total. The van der Waals surface area contributed by atoms with E-state index in [0.717, 1.165) is 36.1 Å². The molecule has 0 bridgehead atoms. The molecule has 1 spiro atoms. The highest BCUT2D eigenvalue weighted by Gasteiger charge is 2.54. The number of amides is 4. The van der Waals surface area contributed by atoms with Crippen LogP contribution in [0.3, 0.4) is 0 Å². The van der Waals surface area contributed by atoms with Crippen molar-refractivity contribution in [2.45, 2.75) is 69.7 Å². The standard InChI is InChI=1S/C23H31N3O5/c1-16(26-21(28)23(24-22(26)29)10-3-4-11-23)20(27)25(15-19-9-6-12-31-19)14-17-7-5-8-18(13-17)30-2/h5,7-8,13,16,19H,3-4,6,9-12,14-15H2,1-2H3,(H,24,29). The Labute approximate surface area is 182 Å². The normalized spacial score (nSPS) is 23.3. The molecule has 0 radical (unpaired) electrons. The topological polar surface area (TPSA) is 88.2 Å². The van der Waals surface area contributed by atoms with Gasteiger partial charge in [0.15, 0.2) is 0 Å². The maximum Gasteiger partial charge on any atom is 0.325 e. The van der Waals surface area contributed by atoms with E-state index in [1.807, 2.05) is 24.3 Å². The Morgan fingerprint density at radius 1 is 1.32 bits per heavy atom. The van der Waals surface area contributed by atoms with Crippen molar-refractivity contribution in [3.05, 3.63) is 29.8 Å². The number of nitrogens with zero attached hydrogens (tertiary/aromatic N) is 2. The van der Waals surface area contributed by atoms with Crippen LogP contribution in [0.2, 0.25) is 0 Å². The Balaban J connectivity index is 1.54. The fourth-order valence-electron chi connectivity index (χ4n) is 4.94. The highest BCUT2D eigenvalue weighted by atomic mass is 16.5. The quantitative estimate of drug-likeness (QED) is 0.673. The molecule has 8 heteroatoms. The van der Waals surface area contributed by atoms with E-state index in [1.54, 1.807) is 18.9 Å². The molecular weight excluding hydrogens is 398 g/mol. The molecular formula is C23H31N3O5. The van der Waals surface area contributed by atoms with Crippen LogP contribution in [0.25, 0.3) is 0 Å². The van der Waals surface area contributed by atoms with Gasteiger partial charge in [-0.15, -0.1) is 0 Å². The van der Waals surface area contributed by atoms with Crippen molar-refractivity contribution >= 4 is 17.8 Å². The minimum absolute atomic E-state index is 0.0361. The van der Waals surface area contributed by atoms with Crippen LogP contribution in [0.4, 0.5) is 4.79 Å². The predicted molar refractivity (Wildman–Crippen MR) is 113 cm³/mol. The third-order valence-corrected chi connectivity index (χ3v) is 6.66. The zero-order chi connectivity index (χ0) is 22.0. The van der Waals surface area contributed by atoms with Crippen LogP contribution in [-0.4, -0.2) is 65.6 Å². The average Bonchev–Trinajstić information content (AvgIpc) is 3.50. The van der Waals surface area contributed by atoms with E-state index in [0.29, 0.717) is 38.3 Å². The molecule has 4 amide bonds. The van der Waals surface area contributed by atoms with Gasteiger partial charge in [0, 0.05) is 19.7 Å². The van der Waals surface area contributed by atoms with Crippen molar-refractivity contribution in [2.24, 2.45) is 0 Å². The van der Waals surface area contributed by atoms with Gasteiger partial charge >= 0.3 is 6.03 Å². The molecule has 1 aromatic carbocycles. The number of hydrogen-bond acceptors (Lipinski definition) is 5. The van der Waals surface area contributed by atoms with Gasteiger partial charge in [-0.05, 0) is 50.3 Å². The summed E-state index contributed by atoms with van der Waals surface area (Å²) in [7, 11) is 1.60. The van der Waals surface area contributed by atoms with Crippen LogP contribution in [-0.2, 0) is 20.9 Å². The first kappa shape index (κ1) is 21.6. The molecule has 4 rings (SSSR count). The molecule has 2 saturated heterocycles. The fraction of sp³-hybridized carbons (Fsp3) is 0.609. The molecule has 1 saturated carbocycles. The highest BCUT2D eigenvalue weighted by molar-refractivity contribution is 6.10. The van der Waals surface area contributed by atoms with Gasteiger partial charge in [-0.3, -0.25) is 9.59 Å². The van der Waals surface area contributed by atoms with Crippen molar-refractivity contribution in [1.82, 2.24) is 15.1 Å². The zero-order valence-electron chi connectivity index (χ0n) is 18.3. The monoisotopic (exact) mass is 429 g/mol. The number of nitrogens with one attached hydrogen (secondary N) is 1. The first-order chi connectivity index (χ1) is 14.9. The summed E-state index contributed by atoms with van der Waals surface area (Å²) in [4.78, 5) is 42.2. The molecule has 3 fully saturated rings. The smallest absolute Gasteiger partial charge is 0.325 e. The van der Waals surface area contributed by atoms with Crippen LogP contribution in [0, 0.1) is 0 Å². The molecule has 1 aliphatic carbocycles. The summed E-state index contributed by atoms with van der Waals surface area (Å²) in [6.45, 7) is 3.11. The lowest BCUT2D eigenvalue weighted by molar-refractivity contribution is -0.144. The van der Waals surface area contributed by atoms with Gasteiger partial charge in [-0.2, -0.15) is 0 Å². The number of benzene rings is 1. The number of carbonyl (C=O) groups is 3. The Bertz CT molecular complexity index is 845. The summed E-state index contributed by atoms with van der Waals surface area (Å²) in [5.41, 5.74) is 0.0972. The summed E-state index contributed by atoms with van der Waals surface area (Å²) in [5.74, 6) is 0.193. The molecule has 31 heavy (non-hydrogen) atoms. The van der Waals surface area contributed by atoms with Crippen molar-refractivity contribution < 1.29 is 23.9 Å². The zero-order valence-corrected chi connectivity index (χ0v) is 18.3. The van der Waals surface area contributed by atoms with Gasteiger partial charge in [0.2, 0.25) is 5.91 Å². The second-order valence-corrected chi connectivity index (χ2v) is 8.78. The van der Waals surface area contributed by atoms with Gasteiger partial charge in [0.1, 0.15) is 17.3 Å².